The van der Waals surface area contributed by atoms with E-state index in [1.54, 1.807) is 11.2 Å². The van der Waals surface area contributed by atoms with E-state index in [2.05, 4.69) is 0 Å². The highest BCUT2D eigenvalue weighted by Gasteiger charge is 2.23. The number of aryl methyl sites for hydroxylation is 1. The van der Waals surface area contributed by atoms with Crippen LogP contribution in [0.2, 0.25) is 0 Å². The third kappa shape index (κ3) is 3.68. The zero-order valence-electron chi connectivity index (χ0n) is 14.8. The van der Waals surface area contributed by atoms with E-state index in [1.807, 2.05) is 79.0 Å². The Bertz CT molecular complexity index is 1040. The summed E-state index contributed by atoms with van der Waals surface area (Å²) in [5.74, 6) is 0.631. The van der Waals surface area contributed by atoms with Gasteiger partial charge in [0.2, 0.25) is 0 Å². The lowest BCUT2D eigenvalue weighted by Gasteiger charge is -2.19. The zero-order chi connectivity index (χ0) is 18.6. The van der Waals surface area contributed by atoms with Crippen molar-refractivity contribution in [2.45, 2.75) is 13.5 Å². The third-order valence-corrected chi connectivity index (χ3v) is 5.17. The third-order valence-electron chi connectivity index (χ3n) is 4.31. The predicted octanol–water partition coefficient (Wildman–Crippen LogP) is 5.56. The highest BCUT2D eigenvalue weighted by molar-refractivity contribution is 7.14. The minimum atomic E-state index is -0.0848. The molecule has 0 bridgehead atoms. The summed E-state index contributed by atoms with van der Waals surface area (Å²) in [5, 5.41) is 2.63. The molecule has 4 rings (SSSR count). The first kappa shape index (κ1) is 17.2. The van der Waals surface area contributed by atoms with Crippen molar-refractivity contribution < 1.29 is 9.21 Å². The van der Waals surface area contributed by atoms with Crippen LogP contribution in [0.15, 0.2) is 82.8 Å². The number of aromatic nitrogens is 1. The number of rotatable bonds is 5. The Labute approximate surface area is 161 Å². The van der Waals surface area contributed by atoms with Gasteiger partial charge in [-0.05, 0) is 30.7 Å². The molecule has 0 atom stereocenters. The minimum absolute atomic E-state index is 0.0848. The van der Waals surface area contributed by atoms with Gasteiger partial charge in [-0.3, -0.25) is 9.69 Å². The maximum atomic E-state index is 13.3. The first-order valence-electron chi connectivity index (χ1n) is 8.63. The van der Waals surface area contributed by atoms with Gasteiger partial charge in [0.15, 0.2) is 5.13 Å². The lowest BCUT2D eigenvalue weighted by atomic mass is 10.1. The van der Waals surface area contributed by atoms with Crippen LogP contribution >= 0.6 is 11.3 Å². The Kier molecular flexibility index (Phi) is 4.85. The fraction of sp³-hybridized carbons (Fsp3) is 0.0909. The molecule has 2 aromatic carbocycles. The molecule has 5 heteroatoms. The smallest absolute Gasteiger partial charge is 0.260 e. The first-order chi connectivity index (χ1) is 13.2. The van der Waals surface area contributed by atoms with Crippen molar-refractivity contribution in [1.82, 2.24) is 4.98 Å². The Balaban J connectivity index is 1.71. The van der Waals surface area contributed by atoms with Crippen LogP contribution in [0, 0.1) is 6.92 Å². The molecule has 0 unspecified atom stereocenters. The van der Waals surface area contributed by atoms with Crippen LogP contribution < -0.4 is 4.90 Å². The number of thiazole rings is 1. The van der Waals surface area contributed by atoms with Crippen molar-refractivity contribution in [3.63, 3.8) is 0 Å². The fourth-order valence-corrected chi connectivity index (χ4v) is 3.70. The summed E-state index contributed by atoms with van der Waals surface area (Å²) in [5.41, 5.74) is 3.49. The van der Waals surface area contributed by atoms with Crippen LogP contribution in [-0.4, -0.2) is 10.9 Å². The van der Waals surface area contributed by atoms with Gasteiger partial charge >= 0.3 is 0 Å². The molecule has 0 fully saturated rings. The normalized spacial score (nSPS) is 10.7. The highest BCUT2D eigenvalue weighted by atomic mass is 32.1. The summed E-state index contributed by atoms with van der Waals surface area (Å²) in [4.78, 5) is 19.7. The Hall–Kier alpha value is -3.18. The zero-order valence-corrected chi connectivity index (χ0v) is 15.6. The topological polar surface area (TPSA) is 46.3 Å². The summed E-state index contributed by atoms with van der Waals surface area (Å²) >= 11 is 1.46. The maximum absolute atomic E-state index is 13.3. The second-order valence-electron chi connectivity index (χ2n) is 6.17. The van der Waals surface area contributed by atoms with Gasteiger partial charge in [-0.2, -0.15) is 0 Å². The number of benzene rings is 2. The second kappa shape index (κ2) is 7.60. The summed E-state index contributed by atoms with van der Waals surface area (Å²) in [6.07, 6.45) is 1.61. The molecule has 0 radical (unpaired) electrons. The molecular weight excluding hydrogens is 356 g/mol. The quantitative estimate of drug-likeness (QED) is 0.459. The predicted molar refractivity (Wildman–Crippen MR) is 108 cm³/mol. The van der Waals surface area contributed by atoms with Gasteiger partial charge in [0.05, 0.1) is 18.5 Å². The van der Waals surface area contributed by atoms with Gasteiger partial charge in [-0.25, -0.2) is 4.98 Å². The number of furan rings is 1. The molecule has 0 saturated carbocycles. The number of anilines is 1. The average Bonchev–Trinajstić information content (AvgIpc) is 3.39. The number of nitrogens with zero attached hydrogens (tertiary/aromatic N) is 2. The first-order valence-corrected chi connectivity index (χ1v) is 9.51. The average molecular weight is 374 g/mol. The van der Waals surface area contributed by atoms with Crippen LogP contribution in [0.3, 0.4) is 0 Å². The monoisotopic (exact) mass is 374 g/mol. The van der Waals surface area contributed by atoms with Crippen molar-refractivity contribution in [2.75, 3.05) is 4.90 Å². The molecule has 0 saturated heterocycles. The molecule has 4 aromatic rings. The van der Waals surface area contributed by atoms with Gasteiger partial charge in [0.25, 0.3) is 5.91 Å². The molecule has 0 aliphatic heterocycles. The largest absolute Gasteiger partial charge is 0.467 e. The van der Waals surface area contributed by atoms with Gasteiger partial charge < -0.3 is 4.42 Å². The number of hydrogen-bond acceptors (Lipinski definition) is 4. The molecule has 27 heavy (non-hydrogen) atoms. The van der Waals surface area contributed by atoms with Gasteiger partial charge in [-0.1, -0.05) is 48.5 Å². The highest BCUT2D eigenvalue weighted by Crippen LogP contribution is 2.30. The van der Waals surface area contributed by atoms with E-state index in [0.717, 1.165) is 16.8 Å². The standard InChI is InChI=1S/C22H18N2O2S/c1-16-8-5-6-12-19(16)21(25)24(14-18-11-7-13-26-18)22-23-20(15-27-22)17-9-3-2-4-10-17/h2-13,15H,14H2,1H3. The minimum Gasteiger partial charge on any atom is -0.467 e. The van der Waals surface area contributed by atoms with E-state index in [0.29, 0.717) is 23.0 Å². The molecule has 1 amide bonds. The molecule has 2 heterocycles. The summed E-state index contributed by atoms with van der Waals surface area (Å²) < 4.78 is 5.48. The molecule has 0 aliphatic carbocycles. The van der Waals surface area contributed by atoms with Gasteiger partial charge in [-0.15, -0.1) is 11.3 Å². The number of carbonyl (C=O) groups is 1. The van der Waals surface area contributed by atoms with Gasteiger partial charge in [0.1, 0.15) is 5.76 Å². The molecule has 0 spiro atoms. The van der Waals surface area contributed by atoms with E-state index < -0.39 is 0 Å². The van der Waals surface area contributed by atoms with Crippen molar-refractivity contribution in [1.29, 1.82) is 0 Å². The molecule has 0 N–H and O–H groups in total. The SMILES string of the molecule is Cc1ccccc1C(=O)N(Cc1ccco1)c1nc(-c2ccccc2)cs1. The number of carbonyl (C=O) groups excluding carboxylic acids is 1. The van der Waals surface area contributed by atoms with Crippen LogP contribution in [0.5, 0.6) is 0 Å². The molecule has 0 aliphatic rings. The van der Waals surface area contributed by atoms with E-state index in [9.17, 15) is 4.79 Å². The summed E-state index contributed by atoms with van der Waals surface area (Å²) in [7, 11) is 0. The van der Waals surface area contributed by atoms with E-state index in [1.165, 1.54) is 11.3 Å². The molecule has 2 aromatic heterocycles. The van der Waals surface area contributed by atoms with Crippen molar-refractivity contribution >= 4 is 22.4 Å². The molecular formula is C22H18N2O2S. The van der Waals surface area contributed by atoms with Crippen molar-refractivity contribution in [3.8, 4) is 11.3 Å². The molecule has 4 nitrogen and oxygen atoms in total. The summed E-state index contributed by atoms with van der Waals surface area (Å²) in [6, 6.07) is 21.2. The Morgan fingerprint density at radius 1 is 1.04 bits per heavy atom. The Morgan fingerprint density at radius 3 is 2.56 bits per heavy atom. The lowest BCUT2D eigenvalue weighted by Crippen LogP contribution is -2.30. The lowest BCUT2D eigenvalue weighted by molar-refractivity contribution is 0.0982. The maximum Gasteiger partial charge on any atom is 0.260 e. The summed E-state index contributed by atoms with van der Waals surface area (Å²) in [6.45, 7) is 2.28. The Morgan fingerprint density at radius 2 is 1.81 bits per heavy atom. The number of amides is 1. The van der Waals surface area contributed by atoms with Crippen LogP contribution in [0.25, 0.3) is 11.3 Å². The van der Waals surface area contributed by atoms with Gasteiger partial charge in [0, 0.05) is 16.5 Å². The second-order valence-corrected chi connectivity index (χ2v) is 7.00. The van der Waals surface area contributed by atoms with Crippen LogP contribution in [-0.2, 0) is 6.54 Å². The van der Waals surface area contributed by atoms with Crippen molar-refractivity contribution in [2.24, 2.45) is 0 Å². The van der Waals surface area contributed by atoms with E-state index in [4.69, 9.17) is 9.40 Å². The van der Waals surface area contributed by atoms with E-state index >= 15 is 0 Å². The molecule has 134 valence electrons. The van der Waals surface area contributed by atoms with Crippen molar-refractivity contribution in [3.05, 3.63) is 95.3 Å². The van der Waals surface area contributed by atoms with Crippen LogP contribution in [0.1, 0.15) is 21.7 Å². The van der Waals surface area contributed by atoms with Crippen LogP contribution in [0.4, 0.5) is 5.13 Å². The number of hydrogen-bond donors (Lipinski definition) is 0. The fourth-order valence-electron chi connectivity index (χ4n) is 2.87. The van der Waals surface area contributed by atoms with E-state index in [-0.39, 0.29) is 5.91 Å².